The number of carbonyl (C=O) groups is 3. The van der Waals surface area contributed by atoms with Gasteiger partial charge in [-0.1, -0.05) is 61.1 Å². The van der Waals surface area contributed by atoms with Crippen LogP contribution in [0.3, 0.4) is 0 Å². The van der Waals surface area contributed by atoms with Crippen molar-refractivity contribution in [3.05, 3.63) is 47.7 Å². The number of hydrogen-bond donors (Lipinski definition) is 5. The van der Waals surface area contributed by atoms with Crippen molar-refractivity contribution in [2.45, 2.75) is 104 Å². The first kappa shape index (κ1) is 37.0. The monoisotopic (exact) mass is 655 g/mol. The van der Waals surface area contributed by atoms with Crippen LogP contribution in [0.2, 0.25) is 0 Å². The number of nitrogens with zero attached hydrogens (tertiary/aromatic N) is 1. The molecule has 0 spiro atoms. The summed E-state index contributed by atoms with van der Waals surface area (Å²) in [7, 11) is 0. The van der Waals surface area contributed by atoms with E-state index in [1.807, 2.05) is 39.8 Å². The Morgan fingerprint density at radius 1 is 1.13 bits per heavy atom. The summed E-state index contributed by atoms with van der Waals surface area (Å²) in [4.78, 5) is 39.4. The van der Waals surface area contributed by atoms with Crippen LogP contribution in [0.15, 0.2) is 42.1 Å². The van der Waals surface area contributed by atoms with Gasteiger partial charge in [-0.15, -0.1) is 0 Å². The van der Waals surface area contributed by atoms with Crippen LogP contribution in [0, 0.1) is 5.41 Å². The van der Waals surface area contributed by atoms with Gasteiger partial charge >= 0.3 is 0 Å². The molecule has 3 amide bonds. The molecule has 11 heteroatoms. The van der Waals surface area contributed by atoms with Crippen LogP contribution in [-0.2, 0) is 14.4 Å². The number of benzene rings is 1. The molecule has 1 saturated heterocycles. The molecule has 1 aromatic rings. The highest BCUT2D eigenvalue weighted by atomic mass is 32.1. The highest BCUT2D eigenvalue weighted by Gasteiger charge is 2.55. The van der Waals surface area contributed by atoms with Gasteiger partial charge in [-0.2, -0.15) is 12.6 Å². The van der Waals surface area contributed by atoms with Crippen LogP contribution in [0.25, 0.3) is 5.57 Å². The van der Waals surface area contributed by atoms with Gasteiger partial charge in [0.1, 0.15) is 6.04 Å². The fraction of sp³-hybridized carbons (Fsp3) is 0.571. The molecular formula is C35H53N5O5S. The van der Waals surface area contributed by atoms with Crippen molar-refractivity contribution in [1.29, 1.82) is 0 Å². The van der Waals surface area contributed by atoms with Gasteiger partial charge in [0.25, 0.3) is 5.91 Å². The maximum absolute atomic E-state index is 13.2. The average Bonchev–Trinajstić information content (AvgIpc) is 3.56. The Balaban J connectivity index is 0.000000751. The van der Waals surface area contributed by atoms with Gasteiger partial charge < -0.3 is 36.1 Å². The molecule has 2 unspecified atom stereocenters. The summed E-state index contributed by atoms with van der Waals surface area (Å²) in [6.07, 6.45) is 3.16. The molecular weight excluding hydrogens is 602 g/mol. The van der Waals surface area contributed by atoms with Gasteiger partial charge in [-0.05, 0) is 61.0 Å². The Kier molecular flexibility index (Phi) is 12.1. The van der Waals surface area contributed by atoms with Gasteiger partial charge in [0.2, 0.25) is 18.6 Å². The maximum atomic E-state index is 13.2. The summed E-state index contributed by atoms with van der Waals surface area (Å²) in [5.74, 6) is 0.600. The molecule has 254 valence electrons. The van der Waals surface area contributed by atoms with E-state index in [0.717, 1.165) is 22.4 Å². The number of nitrogens with two attached hydrogens (primary N) is 1. The quantitative estimate of drug-likeness (QED) is 0.202. The van der Waals surface area contributed by atoms with Crippen molar-refractivity contribution in [1.82, 2.24) is 15.5 Å². The highest BCUT2D eigenvalue weighted by Crippen LogP contribution is 2.61. The van der Waals surface area contributed by atoms with Crippen molar-refractivity contribution in [3.8, 4) is 11.5 Å². The summed E-state index contributed by atoms with van der Waals surface area (Å²) in [6, 6.07) is 3.01. The van der Waals surface area contributed by atoms with E-state index in [9.17, 15) is 14.4 Å². The molecule has 0 radical (unpaired) electrons. The molecule has 1 aromatic carbocycles. The van der Waals surface area contributed by atoms with Crippen molar-refractivity contribution < 1.29 is 23.9 Å². The number of anilines is 1. The van der Waals surface area contributed by atoms with E-state index in [-0.39, 0.29) is 42.5 Å². The average molecular weight is 656 g/mol. The van der Waals surface area contributed by atoms with E-state index < -0.39 is 11.6 Å². The van der Waals surface area contributed by atoms with Crippen LogP contribution < -0.4 is 31.2 Å². The zero-order chi connectivity index (χ0) is 34.6. The molecule has 2 atom stereocenters. The number of carbonyl (C=O) groups excluding carboxylic acids is 3. The Bertz CT molecular complexity index is 1390. The molecule has 10 nitrogen and oxygen atoms in total. The third-order valence-corrected chi connectivity index (χ3v) is 8.28. The number of allylic oxidation sites excluding steroid dienone is 1. The van der Waals surface area contributed by atoms with E-state index in [4.69, 9.17) is 15.2 Å². The lowest BCUT2D eigenvalue weighted by Crippen LogP contribution is -2.62. The van der Waals surface area contributed by atoms with Gasteiger partial charge in [-0.3, -0.25) is 14.4 Å². The summed E-state index contributed by atoms with van der Waals surface area (Å²) in [6.45, 7) is 24.7. The van der Waals surface area contributed by atoms with E-state index >= 15 is 0 Å². The van der Waals surface area contributed by atoms with Crippen molar-refractivity contribution in [2.24, 2.45) is 11.1 Å². The lowest BCUT2D eigenvalue weighted by atomic mass is 9.53. The number of likely N-dealkylation sites (tertiary alicyclic amines) is 1. The molecule has 5 rings (SSSR count). The lowest BCUT2D eigenvalue weighted by Gasteiger charge is -2.56. The molecule has 1 saturated carbocycles. The third-order valence-electron chi connectivity index (χ3n) is 8.28. The molecule has 0 aromatic heterocycles. The standard InChI is InChI=1S/C29H37N5O5.C3H8S.C3H8/c1-7-15(2)27(37)34-11-19-24(18-8-21-22(39-14-38-21)9-20(18)32-25(19)17(34)4)28(5)12-29(6,13-28)33-26(36)16(3)31-23(35)10-30;1-3(2)4;1-3-2/h8-9,16,25,32H,2,4,7,10-14,30H2,1,3,5-6H3,(H,31,35)(H,33,36);3-4H,1-2H3;3H2,1-2H3. The van der Waals surface area contributed by atoms with Crippen molar-refractivity contribution in [2.75, 3.05) is 25.2 Å². The van der Waals surface area contributed by atoms with Crippen LogP contribution in [0.5, 0.6) is 11.5 Å². The first-order valence-electron chi connectivity index (χ1n) is 16.2. The molecule has 1 aliphatic carbocycles. The Morgan fingerprint density at radius 3 is 2.24 bits per heavy atom. The van der Waals surface area contributed by atoms with Crippen LogP contribution in [0.4, 0.5) is 5.69 Å². The number of hydrogen-bond acceptors (Lipinski definition) is 8. The summed E-state index contributed by atoms with van der Waals surface area (Å²) in [5.41, 5.74) is 9.94. The minimum absolute atomic E-state index is 0.117. The van der Waals surface area contributed by atoms with Gasteiger partial charge in [0, 0.05) is 40.7 Å². The minimum Gasteiger partial charge on any atom is -0.454 e. The molecule has 4 aliphatic rings. The molecule has 5 N–H and O–H groups in total. The summed E-state index contributed by atoms with van der Waals surface area (Å²) >= 11 is 3.97. The molecule has 2 fully saturated rings. The molecule has 0 bridgehead atoms. The normalized spacial score (nSPS) is 24.2. The van der Waals surface area contributed by atoms with E-state index in [1.165, 1.54) is 6.42 Å². The number of fused-ring (bicyclic) bond motifs is 3. The number of thiol groups is 1. The van der Waals surface area contributed by atoms with Crippen molar-refractivity contribution in [3.63, 3.8) is 0 Å². The minimum atomic E-state index is -0.695. The summed E-state index contributed by atoms with van der Waals surface area (Å²) in [5, 5.41) is 9.85. The zero-order valence-electron chi connectivity index (χ0n) is 28.8. The SMILES string of the molecule is C=C(CC)C(=O)N1CC2=C(C3(C)CC(C)(NC(=O)C(C)NC(=O)CN)C3)c3cc4c(cc3NC2C1=C)OCO4.CC(C)S.CCC. The Labute approximate surface area is 280 Å². The second-order valence-corrected chi connectivity index (χ2v) is 14.4. The van der Waals surface area contributed by atoms with Gasteiger partial charge in [0.15, 0.2) is 11.5 Å². The Morgan fingerprint density at radius 2 is 1.70 bits per heavy atom. The van der Waals surface area contributed by atoms with E-state index in [1.54, 1.807) is 11.8 Å². The highest BCUT2D eigenvalue weighted by molar-refractivity contribution is 7.80. The summed E-state index contributed by atoms with van der Waals surface area (Å²) < 4.78 is 11.4. The number of ether oxygens (including phenoxy) is 2. The number of nitrogens with one attached hydrogen (secondary N) is 3. The zero-order valence-corrected chi connectivity index (χ0v) is 29.7. The first-order chi connectivity index (χ1) is 21.5. The predicted octanol–water partition coefficient (Wildman–Crippen LogP) is 5.16. The lowest BCUT2D eigenvalue weighted by molar-refractivity contribution is -0.130. The first-order valence-corrected chi connectivity index (χ1v) is 16.7. The van der Waals surface area contributed by atoms with Crippen molar-refractivity contribution >= 4 is 41.6 Å². The molecule has 3 heterocycles. The largest absolute Gasteiger partial charge is 0.454 e. The topological polar surface area (TPSA) is 135 Å². The number of amides is 3. The van der Waals surface area contributed by atoms with Gasteiger partial charge in [0.05, 0.1) is 12.6 Å². The smallest absolute Gasteiger partial charge is 0.253 e. The fourth-order valence-corrected chi connectivity index (χ4v) is 6.68. The molecule has 46 heavy (non-hydrogen) atoms. The van der Waals surface area contributed by atoms with Crippen LogP contribution in [0.1, 0.15) is 86.6 Å². The van der Waals surface area contributed by atoms with Crippen LogP contribution in [-0.4, -0.2) is 65.4 Å². The fourth-order valence-electron chi connectivity index (χ4n) is 6.68. The maximum Gasteiger partial charge on any atom is 0.253 e. The molecule has 3 aliphatic heterocycles. The predicted molar refractivity (Wildman–Crippen MR) is 188 cm³/mol. The van der Waals surface area contributed by atoms with E-state index in [0.29, 0.717) is 53.8 Å². The van der Waals surface area contributed by atoms with Gasteiger partial charge in [-0.25, -0.2) is 0 Å². The third kappa shape index (κ3) is 7.91. The Hall–Kier alpha value is -3.44. The number of rotatable bonds is 7. The van der Waals surface area contributed by atoms with Crippen LogP contribution >= 0.6 is 12.6 Å². The second kappa shape index (κ2) is 15.0. The second-order valence-electron chi connectivity index (χ2n) is 13.3. The van der Waals surface area contributed by atoms with E-state index in [2.05, 4.69) is 62.5 Å².